The molecule has 3 heterocycles. The number of nitrogen functional groups attached to an aromatic ring is 1. The van der Waals surface area contributed by atoms with Crippen molar-refractivity contribution in [2.75, 3.05) is 25.5 Å². The first kappa shape index (κ1) is 23.6. The quantitative estimate of drug-likeness (QED) is 0.477. The molecule has 178 valence electrons. The van der Waals surface area contributed by atoms with E-state index in [9.17, 15) is 8.42 Å². The molecule has 0 bridgehead atoms. The van der Waals surface area contributed by atoms with Crippen molar-refractivity contribution in [3.63, 3.8) is 0 Å². The Morgan fingerprint density at radius 2 is 1.88 bits per heavy atom. The number of aromatic nitrogens is 4. The fourth-order valence-electron chi connectivity index (χ4n) is 3.25. The molecule has 2 aromatic heterocycles. The third-order valence-electron chi connectivity index (χ3n) is 5.22. The van der Waals surface area contributed by atoms with Gasteiger partial charge in [0.05, 0.1) is 4.75 Å². The zero-order valence-corrected chi connectivity index (χ0v) is 20.7. The van der Waals surface area contributed by atoms with Gasteiger partial charge in [-0.05, 0) is 51.8 Å². The van der Waals surface area contributed by atoms with Crippen LogP contribution in [-0.2, 0) is 16.6 Å². The first-order valence-electron chi connectivity index (χ1n) is 10.6. The smallest absolute Gasteiger partial charge is 0.216 e. The maximum Gasteiger partial charge on any atom is 0.216 e. The lowest BCUT2D eigenvalue weighted by atomic mass is 10.2. The molecule has 10 nitrogen and oxygen atoms in total. The van der Waals surface area contributed by atoms with Crippen molar-refractivity contribution < 1.29 is 17.9 Å². The molecule has 0 aliphatic carbocycles. The van der Waals surface area contributed by atoms with Gasteiger partial charge in [0.25, 0.3) is 0 Å². The summed E-state index contributed by atoms with van der Waals surface area (Å²) in [5, 5.41) is 0.690. The number of hydrogen-bond acceptors (Lipinski definition) is 9. The van der Waals surface area contributed by atoms with Gasteiger partial charge in [0.1, 0.15) is 19.5 Å². The first-order valence-corrected chi connectivity index (χ1v) is 12.9. The molecule has 0 saturated heterocycles. The van der Waals surface area contributed by atoms with E-state index in [1.165, 1.54) is 18.1 Å². The van der Waals surface area contributed by atoms with Crippen LogP contribution in [0, 0.1) is 6.92 Å². The highest BCUT2D eigenvalue weighted by molar-refractivity contribution is 7.99. The molecule has 1 aromatic carbocycles. The summed E-state index contributed by atoms with van der Waals surface area (Å²) in [5.74, 6) is 1.73. The van der Waals surface area contributed by atoms with Crippen LogP contribution in [0.25, 0.3) is 11.2 Å². The molecule has 0 atom stereocenters. The minimum Gasteiger partial charge on any atom is -0.486 e. The summed E-state index contributed by atoms with van der Waals surface area (Å²) in [6.45, 7) is 8.86. The molecule has 3 aromatic rings. The SMILES string of the molecule is Cc1cc2c(cc1Sc1nc3c(N)ncnc3n1CCCNS(=O)(=O)C(C)(C)C)OCCO2. The van der Waals surface area contributed by atoms with E-state index >= 15 is 0 Å². The molecule has 1 aliphatic heterocycles. The monoisotopic (exact) mass is 492 g/mol. The van der Waals surface area contributed by atoms with E-state index in [0.717, 1.165) is 16.2 Å². The lowest BCUT2D eigenvalue weighted by molar-refractivity contribution is 0.171. The predicted molar refractivity (Wildman–Crippen MR) is 127 cm³/mol. The Labute approximate surface area is 197 Å². The number of benzene rings is 1. The highest BCUT2D eigenvalue weighted by Gasteiger charge is 2.28. The van der Waals surface area contributed by atoms with Gasteiger partial charge < -0.3 is 19.8 Å². The molecular weight excluding hydrogens is 464 g/mol. The number of sulfonamides is 1. The fraction of sp³-hybridized carbons (Fsp3) is 0.476. The number of rotatable bonds is 7. The average molecular weight is 493 g/mol. The Bertz CT molecular complexity index is 1280. The van der Waals surface area contributed by atoms with Crippen LogP contribution >= 0.6 is 11.8 Å². The van der Waals surface area contributed by atoms with Gasteiger partial charge >= 0.3 is 0 Å². The number of aryl methyl sites for hydroxylation is 2. The van der Waals surface area contributed by atoms with E-state index in [0.29, 0.717) is 60.6 Å². The fourth-order valence-corrected chi connectivity index (χ4v) is 5.11. The van der Waals surface area contributed by atoms with Crippen LogP contribution in [0.3, 0.4) is 0 Å². The molecule has 33 heavy (non-hydrogen) atoms. The van der Waals surface area contributed by atoms with Gasteiger partial charge in [-0.25, -0.2) is 28.1 Å². The second-order valence-corrected chi connectivity index (χ2v) is 12.2. The maximum atomic E-state index is 12.3. The Kier molecular flexibility index (Phi) is 6.43. The molecule has 0 radical (unpaired) electrons. The minimum atomic E-state index is -3.41. The lowest BCUT2D eigenvalue weighted by Gasteiger charge is -2.20. The zero-order valence-electron chi connectivity index (χ0n) is 19.1. The number of anilines is 1. The summed E-state index contributed by atoms with van der Waals surface area (Å²) in [5.41, 5.74) is 8.20. The van der Waals surface area contributed by atoms with Crippen molar-refractivity contribution in [3.05, 3.63) is 24.0 Å². The van der Waals surface area contributed by atoms with Gasteiger partial charge in [0.2, 0.25) is 10.0 Å². The van der Waals surface area contributed by atoms with Gasteiger partial charge in [-0.2, -0.15) is 0 Å². The molecule has 0 fully saturated rings. The topological polar surface area (TPSA) is 134 Å². The van der Waals surface area contributed by atoms with Crippen LogP contribution in [0.2, 0.25) is 0 Å². The van der Waals surface area contributed by atoms with E-state index < -0.39 is 14.8 Å². The van der Waals surface area contributed by atoms with Gasteiger partial charge in [-0.3, -0.25) is 0 Å². The van der Waals surface area contributed by atoms with Crippen LogP contribution in [-0.4, -0.2) is 52.4 Å². The van der Waals surface area contributed by atoms with Crippen molar-refractivity contribution in [2.45, 2.75) is 55.5 Å². The molecular formula is C21H28N6O4S2. The number of nitrogens with zero attached hydrogens (tertiary/aromatic N) is 4. The molecule has 0 unspecified atom stereocenters. The maximum absolute atomic E-state index is 12.3. The number of fused-ring (bicyclic) bond motifs is 2. The van der Waals surface area contributed by atoms with Crippen LogP contribution < -0.4 is 19.9 Å². The van der Waals surface area contributed by atoms with Crippen molar-refractivity contribution in [3.8, 4) is 11.5 Å². The molecule has 0 saturated carbocycles. The highest BCUT2D eigenvalue weighted by Crippen LogP contribution is 2.40. The normalized spacial score (nSPS) is 14.1. The van der Waals surface area contributed by atoms with Crippen LogP contribution in [0.1, 0.15) is 32.8 Å². The third-order valence-corrected chi connectivity index (χ3v) is 8.57. The van der Waals surface area contributed by atoms with E-state index in [2.05, 4.69) is 14.7 Å². The van der Waals surface area contributed by atoms with E-state index in [1.54, 1.807) is 20.8 Å². The Hall–Kier alpha value is -2.57. The summed E-state index contributed by atoms with van der Waals surface area (Å²) >= 11 is 1.47. The number of nitrogens with one attached hydrogen (secondary N) is 1. The second kappa shape index (κ2) is 8.99. The minimum absolute atomic E-state index is 0.299. The largest absolute Gasteiger partial charge is 0.486 e. The summed E-state index contributed by atoms with van der Waals surface area (Å²) in [6.07, 6.45) is 1.96. The molecule has 0 amide bonds. The number of hydrogen-bond donors (Lipinski definition) is 2. The van der Waals surface area contributed by atoms with Gasteiger partial charge in [-0.15, -0.1) is 0 Å². The molecule has 3 N–H and O–H groups in total. The van der Waals surface area contributed by atoms with Gasteiger partial charge in [0, 0.05) is 18.0 Å². The standard InChI is InChI=1S/C21H28N6O4S2/c1-13-10-14-15(31-9-8-30-14)11-16(13)32-20-26-17-18(22)23-12-24-19(17)27(20)7-5-6-25-33(28,29)21(2,3)4/h10-12,25H,5-9H2,1-4H3,(H2,22,23,24). The number of ether oxygens (including phenoxy) is 2. The zero-order chi connectivity index (χ0) is 23.8. The Morgan fingerprint density at radius 1 is 1.18 bits per heavy atom. The number of imidazole rings is 1. The predicted octanol–water partition coefficient (Wildman–Crippen LogP) is 2.75. The van der Waals surface area contributed by atoms with Crippen LogP contribution in [0.5, 0.6) is 11.5 Å². The van der Waals surface area contributed by atoms with E-state index in [1.807, 2.05) is 23.6 Å². The Morgan fingerprint density at radius 3 is 2.58 bits per heavy atom. The molecule has 4 rings (SSSR count). The molecule has 1 aliphatic rings. The van der Waals surface area contributed by atoms with Crippen molar-refractivity contribution >= 4 is 38.8 Å². The van der Waals surface area contributed by atoms with Crippen LogP contribution in [0.4, 0.5) is 5.82 Å². The van der Waals surface area contributed by atoms with E-state index in [-0.39, 0.29) is 0 Å². The molecule has 0 spiro atoms. The van der Waals surface area contributed by atoms with E-state index in [4.69, 9.17) is 20.2 Å². The summed E-state index contributed by atoms with van der Waals surface area (Å²) in [7, 11) is -3.41. The highest BCUT2D eigenvalue weighted by atomic mass is 32.2. The van der Waals surface area contributed by atoms with Crippen molar-refractivity contribution in [2.24, 2.45) is 0 Å². The second-order valence-electron chi connectivity index (χ2n) is 8.70. The van der Waals surface area contributed by atoms with Gasteiger partial charge in [0.15, 0.2) is 33.6 Å². The average Bonchev–Trinajstić information content (AvgIpc) is 3.09. The van der Waals surface area contributed by atoms with Crippen LogP contribution in [0.15, 0.2) is 28.5 Å². The molecule has 12 heteroatoms. The summed E-state index contributed by atoms with van der Waals surface area (Å²) < 4.78 is 39.8. The first-order chi connectivity index (χ1) is 15.6. The summed E-state index contributed by atoms with van der Waals surface area (Å²) in [4.78, 5) is 14.1. The van der Waals surface area contributed by atoms with Gasteiger partial charge in [-0.1, -0.05) is 11.8 Å². The van der Waals surface area contributed by atoms with Crippen molar-refractivity contribution in [1.29, 1.82) is 0 Å². The van der Waals surface area contributed by atoms with Crippen molar-refractivity contribution in [1.82, 2.24) is 24.2 Å². The third kappa shape index (κ3) is 4.87. The number of nitrogens with two attached hydrogens (primary N) is 1. The Balaban J connectivity index is 1.60. The lowest BCUT2D eigenvalue weighted by Crippen LogP contribution is -2.39. The summed E-state index contributed by atoms with van der Waals surface area (Å²) in [6, 6.07) is 3.91.